The van der Waals surface area contributed by atoms with E-state index in [1.54, 1.807) is 31.4 Å². The van der Waals surface area contributed by atoms with Gasteiger partial charge in [0, 0.05) is 29.3 Å². The Kier molecular flexibility index (Phi) is 6.59. The summed E-state index contributed by atoms with van der Waals surface area (Å²) in [4.78, 5) is 25.4. The van der Waals surface area contributed by atoms with Crippen LogP contribution in [0.25, 0.3) is 0 Å². The molecule has 3 rings (SSSR count). The van der Waals surface area contributed by atoms with Crippen LogP contribution in [-0.2, 0) is 4.79 Å². The lowest BCUT2D eigenvalue weighted by Gasteiger charge is -2.25. The van der Waals surface area contributed by atoms with Crippen LogP contribution in [0, 0.1) is 0 Å². The number of amides is 3. The number of ether oxygens (including phenoxy) is 1. The lowest BCUT2D eigenvalue weighted by Crippen LogP contribution is -2.35. The van der Waals surface area contributed by atoms with Crippen LogP contribution >= 0.6 is 11.8 Å². The molecule has 3 N–H and O–H groups in total. The first-order valence-corrected chi connectivity index (χ1v) is 9.84. The predicted octanol–water partition coefficient (Wildman–Crippen LogP) is 3.56. The van der Waals surface area contributed by atoms with Gasteiger partial charge in [-0.1, -0.05) is 18.2 Å². The lowest BCUT2D eigenvalue weighted by molar-refractivity contribution is -0.121. The highest BCUT2D eigenvalue weighted by Crippen LogP contribution is 2.35. The zero-order chi connectivity index (χ0) is 19.1. The highest BCUT2D eigenvalue weighted by atomic mass is 32.2. The Balaban J connectivity index is 1.41. The normalized spacial score (nSPS) is 15.4. The number of fused-ring (bicyclic) bond motifs is 1. The Hall–Kier alpha value is -2.67. The van der Waals surface area contributed by atoms with E-state index in [0.29, 0.717) is 5.69 Å². The molecule has 142 valence electrons. The number of anilines is 1. The second-order valence-corrected chi connectivity index (χ2v) is 7.29. The van der Waals surface area contributed by atoms with Crippen molar-refractivity contribution in [3.63, 3.8) is 0 Å². The van der Waals surface area contributed by atoms with Crippen molar-refractivity contribution in [3.8, 4) is 5.75 Å². The molecular weight excluding hydrogens is 362 g/mol. The van der Waals surface area contributed by atoms with Crippen molar-refractivity contribution in [1.82, 2.24) is 10.6 Å². The lowest BCUT2D eigenvalue weighted by atomic mass is 10.0. The largest absolute Gasteiger partial charge is 0.497 e. The maximum Gasteiger partial charge on any atom is 0.319 e. The Morgan fingerprint density at radius 2 is 1.93 bits per heavy atom. The van der Waals surface area contributed by atoms with Gasteiger partial charge in [-0.2, -0.15) is 0 Å². The summed E-state index contributed by atoms with van der Waals surface area (Å²) in [5, 5.41) is 8.50. The Bertz CT molecular complexity index is 795. The van der Waals surface area contributed by atoms with Crippen molar-refractivity contribution in [3.05, 3.63) is 54.1 Å². The molecule has 2 aromatic rings. The Labute approximate surface area is 163 Å². The SMILES string of the molecule is COc1ccc(NC(=O)NCCC(=O)N[C@@H]2CCSc3ccccc32)cc1. The smallest absolute Gasteiger partial charge is 0.319 e. The van der Waals surface area contributed by atoms with Crippen LogP contribution in [0.1, 0.15) is 24.4 Å². The molecule has 3 amide bonds. The summed E-state index contributed by atoms with van der Waals surface area (Å²) in [6, 6.07) is 14.9. The number of methoxy groups -OCH3 is 1. The average Bonchev–Trinajstić information content (AvgIpc) is 2.69. The first-order valence-electron chi connectivity index (χ1n) is 8.85. The zero-order valence-electron chi connectivity index (χ0n) is 15.2. The summed E-state index contributed by atoms with van der Waals surface area (Å²) in [6.07, 6.45) is 1.15. The van der Waals surface area contributed by atoms with E-state index in [9.17, 15) is 9.59 Å². The first-order chi connectivity index (χ1) is 13.2. The predicted molar refractivity (Wildman–Crippen MR) is 107 cm³/mol. The minimum atomic E-state index is -0.340. The maximum absolute atomic E-state index is 12.2. The third kappa shape index (κ3) is 5.40. The van der Waals surface area contributed by atoms with E-state index in [4.69, 9.17) is 4.74 Å². The monoisotopic (exact) mass is 385 g/mol. The highest BCUT2D eigenvalue weighted by molar-refractivity contribution is 7.99. The number of thioether (sulfide) groups is 1. The molecule has 2 aromatic carbocycles. The number of rotatable bonds is 6. The first kappa shape index (κ1) is 19.1. The quantitative estimate of drug-likeness (QED) is 0.710. The third-order valence-electron chi connectivity index (χ3n) is 4.28. The highest BCUT2D eigenvalue weighted by Gasteiger charge is 2.21. The van der Waals surface area contributed by atoms with Crippen molar-refractivity contribution in [1.29, 1.82) is 0 Å². The van der Waals surface area contributed by atoms with E-state index in [1.165, 1.54) is 10.5 Å². The molecule has 0 aliphatic carbocycles. The van der Waals surface area contributed by atoms with Gasteiger partial charge in [0.1, 0.15) is 5.75 Å². The summed E-state index contributed by atoms with van der Waals surface area (Å²) in [7, 11) is 1.59. The van der Waals surface area contributed by atoms with E-state index in [2.05, 4.69) is 28.1 Å². The molecule has 1 aliphatic rings. The molecule has 0 saturated heterocycles. The van der Waals surface area contributed by atoms with E-state index < -0.39 is 0 Å². The molecule has 27 heavy (non-hydrogen) atoms. The molecule has 0 bridgehead atoms. The number of urea groups is 1. The van der Waals surface area contributed by atoms with E-state index in [-0.39, 0.29) is 30.9 Å². The van der Waals surface area contributed by atoms with Crippen LogP contribution in [0.5, 0.6) is 5.75 Å². The van der Waals surface area contributed by atoms with Crippen LogP contribution in [-0.4, -0.2) is 31.3 Å². The summed E-state index contributed by atoms with van der Waals surface area (Å²) in [5.74, 6) is 1.65. The topological polar surface area (TPSA) is 79.5 Å². The molecule has 1 heterocycles. The summed E-state index contributed by atoms with van der Waals surface area (Å²) in [6.45, 7) is 0.275. The van der Waals surface area contributed by atoms with Crippen molar-refractivity contribution < 1.29 is 14.3 Å². The summed E-state index contributed by atoms with van der Waals surface area (Å²) >= 11 is 1.82. The summed E-state index contributed by atoms with van der Waals surface area (Å²) < 4.78 is 5.08. The van der Waals surface area contributed by atoms with Gasteiger partial charge in [0.25, 0.3) is 0 Å². The summed E-state index contributed by atoms with van der Waals surface area (Å²) in [5.41, 5.74) is 1.83. The van der Waals surface area contributed by atoms with Gasteiger partial charge in [0.15, 0.2) is 0 Å². The van der Waals surface area contributed by atoms with Gasteiger partial charge in [-0.15, -0.1) is 11.8 Å². The molecule has 0 unspecified atom stereocenters. The second kappa shape index (κ2) is 9.32. The molecule has 1 aliphatic heterocycles. The minimum Gasteiger partial charge on any atom is -0.497 e. The van der Waals surface area contributed by atoms with Crippen molar-refractivity contribution >= 4 is 29.4 Å². The number of carbonyl (C=O) groups excluding carboxylic acids is 2. The number of nitrogens with one attached hydrogen (secondary N) is 3. The average molecular weight is 385 g/mol. The second-order valence-electron chi connectivity index (χ2n) is 6.15. The fourth-order valence-electron chi connectivity index (χ4n) is 2.90. The van der Waals surface area contributed by atoms with Crippen LogP contribution in [0.15, 0.2) is 53.4 Å². The van der Waals surface area contributed by atoms with Crippen LogP contribution in [0.3, 0.4) is 0 Å². The van der Waals surface area contributed by atoms with Crippen molar-refractivity contribution in [2.45, 2.75) is 23.8 Å². The fraction of sp³-hybridized carbons (Fsp3) is 0.300. The third-order valence-corrected chi connectivity index (χ3v) is 5.40. The van der Waals surface area contributed by atoms with Gasteiger partial charge in [-0.05, 0) is 42.3 Å². The van der Waals surface area contributed by atoms with E-state index in [1.807, 2.05) is 23.9 Å². The van der Waals surface area contributed by atoms with Crippen LogP contribution < -0.4 is 20.7 Å². The van der Waals surface area contributed by atoms with E-state index >= 15 is 0 Å². The molecule has 6 nitrogen and oxygen atoms in total. The van der Waals surface area contributed by atoms with Gasteiger partial charge in [-0.3, -0.25) is 4.79 Å². The number of hydrogen-bond donors (Lipinski definition) is 3. The van der Waals surface area contributed by atoms with Crippen LogP contribution in [0.2, 0.25) is 0 Å². The molecule has 0 radical (unpaired) electrons. The van der Waals surface area contributed by atoms with Gasteiger partial charge in [0.05, 0.1) is 13.2 Å². The van der Waals surface area contributed by atoms with Gasteiger partial charge < -0.3 is 20.7 Å². The maximum atomic E-state index is 12.2. The van der Waals surface area contributed by atoms with Crippen molar-refractivity contribution in [2.75, 3.05) is 24.7 Å². The molecule has 0 aromatic heterocycles. The van der Waals surface area contributed by atoms with Crippen molar-refractivity contribution in [2.24, 2.45) is 0 Å². The number of benzene rings is 2. The number of carbonyl (C=O) groups is 2. The molecular formula is C20H23N3O3S. The molecule has 1 atom stereocenters. The van der Waals surface area contributed by atoms with Gasteiger partial charge >= 0.3 is 6.03 Å². The van der Waals surface area contributed by atoms with E-state index in [0.717, 1.165) is 17.9 Å². The van der Waals surface area contributed by atoms with Crippen LogP contribution in [0.4, 0.5) is 10.5 Å². The molecule has 0 saturated carbocycles. The standard InChI is InChI=1S/C20H23N3O3S/c1-26-15-8-6-14(7-9-15)22-20(25)21-12-10-19(24)23-17-11-13-27-18-5-3-2-4-16(17)18/h2-9,17H,10-13H2,1H3,(H,23,24)(H2,21,22,25)/t17-/m1/s1. The minimum absolute atomic E-state index is 0.0445. The Morgan fingerprint density at radius 3 is 2.70 bits per heavy atom. The Morgan fingerprint density at radius 1 is 1.15 bits per heavy atom. The zero-order valence-corrected chi connectivity index (χ0v) is 16.0. The molecule has 0 fully saturated rings. The molecule has 0 spiro atoms. The van der Waals surface area contributed by atoms with Gasteiger partial charge in [0.2, 0.25) is 5.91 Å². The molecule has 7 heteroatoms. The fourth-order valence-corrected chi connectivity index (χ4v) is 4.02. The van der Waals surface area contributed by atoms with Gasteiger partial charge in [-0.25, -0.2) is 4.79 Å². The number of hydrogen-bond acceptors (Lipinski definition) is 4.